The lowest BCUT2D eigenvalue weighted by molar-refractivity contribution is 0.280. The first-order valence-electron chi connectivity index (χ1n) is 6.14. The van der Waals surface area contributed by atoms with Crippen LogP contribution in [0.3, 0.4) is 0 Å². The van der Waals surface area contributed by atoms with E-state index in [0.29, 0.717) is 0 Å². The summed E-state index contributed by atoms with van der Waals surface area (Å²) in [5.74, 6) is 0. The monoisotopic (exact) mass is 251 g/mol. The van der Waals surface area contributed by atoms with E-state index in [0.717, 1.165) is 30.8 Å². The van der Waals surface area contributed by atoms with Crippen LogP contribution < -0.4 is 0 Å². The molecule has 2 rings (SSSR count). The summed E-state index contributed by atoms with van der Waals surface area (Å²) in [5.41, 5.74) is 2.55. The lowest BCUT2D eigenvalue weighted by Gasteiger charge is -2.03. The molecule has 0 aliphatic heterocycles. The van der Waals surface area contributed by atoms with E-state index in [4.69, 9.17) is 16.7 Å². The fourth-order valence-corrected chi connectivity index (χ4v) is 2.40. The maximum atomic E-state index is 8.93. The fraction of sp³-hybridized carbons (Fsp3) is 0.429. The van der Waals surface area contributed by atoms with Gasteiger partial charge in [0.2, 0.25) is 0 Å². The maximum absolute atomic E-state index is 8.93. The highest BCUT2D eigenvalue weighted by Gasteiger charge is 2.08. The van der Waals surface area contributed by atoms with Gasteiger partial charge in [-0.05, 0) is 30.5 Å². The van der Waals surface area contributed by atoms with Gasteiger partial charge in [0.1, 0.15) is 0 Å². The van der Waals surface area contributed by atoms with Crippen molar-refractivity contribution < 1.29 is 5.11 Å². The standard InChI is InChI=1S/C14H18ClNO/c1-2-4-11-10-16(7-3-8-17)14-9-12(15)5-6-13(11)14/h5-6,9-10,17H,2-4,7-8H2,1H3. The average molecular weight is 252 g/mol. The zero-order chi connectivity index (χ0) is 12.3. The Hall–Kier alpha value is -0.990. The number of halogens is 1. The van der Waals surface area contributed by atoms with Gasteiger partial charge < -0.3 is 9.67 Å². The molecule has 0 amide bonds. The van der Waals surface area contributed by atoms with Crippen LogP contribution in [0.25, 0.3) is 10.9 Å². The van der Waals surface area contributed by atoms with Crippen LogP contribution in [0.4, 0.5) is 0 Å². The predicted molar refractivity (Wildman–Crippen MR) is 72.6 cm³/mol. The molecule has 17 heavy (non-hydrogen) atoms. The zero-order valence-electron chi connectivity index (χ0n) is 10.1. The molecule has 2 aromatic rings. The van der Waals surface area contributed by atoms with Crippen LogP contribution in [0.2, 0.25) is 5.02 Å². The molecule has 0 atom stereocenters. The molecule has 0 saturated carbocycles. The van der Waals surface area contributed by atoms with Gasteiger partial charge in [0.05, 0.1) is 0 Å². The Morgan fingerprint density at radius 3 is 2.88 bits per heavy atom. The van der Waals surface area contributed by atoms with Gasteiger partial charge in [-0.25, -0.2) is 0 Å². The molecule has 0 aliphatic carbocycles. The van der Waals surface area contributed by atoms with Crippen molar-refractivity contribution in [3.05, 3.63) is 35.0 Å². The van der Waals surface area contributed by atoms with E-state index in [1.54, 1.807) is 0 Å². The molecule has 0 radical (unpaired) electrons. The minimum Gasteiger partial charge on any atom is -0.396 e. The van der Waals surface area contributed by atoms with Crippen LogP contribution in [0.1, 0.15) is 25.3 Å². The predicted octanol–water partition coefficient (Wildman–Crippen LogP) is 3.63. The van der Waals surface area contributed by atoms with E-state index in [1.165, 1.54) is 16.5 Å². The highest BCUT2D eigenvalue weighted by Crippen LogP contribution is 2.26. The van der Waals surface area contributed by atoms with Crippen molar-refractivity contribution in [1.29, 1.82) is 0 Å². The second-order valence-corrected chi connectivity index (χ2v) is 4.77. The number of rotatable bonds is 5. The average Bonchev–Trinajstić information content (AvgIpc) is 2.65. The summed E-state index contributed by atoms with van der Waals surface area (Å²) in [6.07, 6.45) is 5.20. The van der Waals surface area contributed by atoms with E-state index in [2.05, 4.69) is 23.8 Å². The van der Waals surface area contributed by atoms with Crippen molar-refractivity contribution in [2.24, 2.45) is 0 Å². The summed E-state index contributed by atoms with van der Waals surface area (Å²) in [5, 5.41) is 11.0. The molecule has 0 saturated heterocycles. The van der Waals surface area contributed by atoms with Crippen LogP contribution in [0.5, 0.6) is 0 Å². The van der Waals surface area contributed by atoms with Gasteiger partial charge in [0.25, 0.3) is 0 Å². The third kappa shape index (κ3) is 2.64. The van der Waals surface area contributed by atoms with Crippen molar-refractivity contribution in [3.63, 3.8) is 0 Å². The number of aliphatic hydroxyl groups excluding tert-OH is 1. The van der Waals surface area contributed by atoms with E-state index >= 15 is 0 Å². The van der Waals surface area contributed by atoms with Crippen molar-refractivity contribution in [1.82, 2.24) is 4.57 Å². The molecule has 1 aromatic heterocycles. The summed E-state index contributed by atoms with van der Waals surface area (Å²) in [4.78, 5) is 0. The van der Waals surface area contributed by atoms with Gasteiger partial charge in [-0.2, -0.15) is 0 Å². The molecule has 1 heterocycles. The van der Waals surface area contributed by atoms with Crippen LogP contribution in [-0.2, 0) is 13.0 Å². The minimum atomic E-state index is 0.226. The first kappa shape index (κ1) is 12.5. The third-order valence-electron chi connectivity index (χ3n) is 3.00. The molecule has 0 fully saturated rings. The molecular weight excluding hydrogens is 234 g/mol. The molecule has 0 aliphatic rings. The number of fused-ring (bicyclic) bond motifs is 1. The Balaban J connectivity index is 2.46. The fourth-order valence-electron chi connectivity index (χ4n) is 2.24. The Kier molecular flexibility index (Phi) is 4.08. The van der Waals surface area contributed by atoms with Gasteiger partial charge in [-0.15, -0.1) is 0 Å². The van der Waals surface area contributed by atoms with Gasteiger partial charge in [-0.1, -0.05) is 31.0 Å². The number of benzene rings is 1. The van der Waals surface area contributed by atoms with Crippen LogP contribution in [0.15, 0.2) is 24.4 Å². The number of aromatic nitrogens is 1. The topological polar surface area (TPSA) is 25.2 Å². The van der Waals surface area contributed by atoms with Crippen LogP contribution >= 0.6 is 11.6 Å². The Bertz CT molecular complexity index is 504. The SMILES string of the molecule is CCCc1cn(CCCO)c2cc(Cl)ccc12. The maximum Gasteiger partial charge on any atom is 0.0498 e. The summed E-state index contributed by atoms with van der Waals surface area (Å²) in [7, 11) is 0. The summed E-state index contributed by atoms with van der Waals surface area (Å²) >= 11 is 6.05. The second-order valence-electron chi connectivity index (χ2n) is 4.34. The molecule has 1 N–H and O–H groups in total. The lowest BCUT2D eigenvalue weighted by Crippen LogP contribution is -1.98. The number of hydrogen-bond acceptors (Lipinski definition) is 1. The molecule has 1 aromatic carbocycles. The highest BCUT2D eigenvalue weighted by atomic mass is 35.5. The van der Waals surface area contributed by atoms with Crippen molar-refractivity contribution in [3.8, 4) is 0 Å². The van der Waals surface area contributed by atoms with Gasteiger partial charge in [0.15, 0.2) is 0 Å². The number of aliphatic hydroxyl groups is 1. The van der Waals surface area contributed by atoms with Crippen molar-refractivity contribution in [2.75, 3.05) is 6.61 Å². The highest BCUT2D eigenvalue weighted by molar-refractivity contribution is 6.31. The van der Waals surface area contributed by atoms with E-state index < -0.39 is 0 Å². The van der Waals surface area contributed by atoms with E-state index in [1.807, 2.05) is 12.1 Å². The van der Waals surface area contributed by atoms with Crippen LogP contribution in [0, 0.1) is 0 Å². The molecular formula is C14H18ClNO. The van der Waals surface area contributed by atoms with Gasteiger partial charge >= 0.3 is 0 Å². The van der Waals surface area contributed by atoms with E-state index in [-0.39, 0.29) is 6.61 Å². The van der Waals surface area contributed by atoms with Crippen molar-refractivity contribution in [2.45, 2.75) is 32.7 Å². The van der Waals surface area contributed by atoms with E-state index in [9.17, 15) is 0 Å². The molecule has 0 unspecified atom stereocenters. The van der Waals surface area contributed by atoms with Gasteiger partial charge in [-0.3, -0.25) is 0 Å². The number of nitrogens with zero attached hydrogens (tertiary/aromatic N) is 1. The van der Waals surface area contributed by atoms with Crippen molar-refractivity contribution >= 4 is 22.5 Å². The quantitative estimate of drug-likeness (QED) is 0.863. The largest absolute Gasteiger partial charge is 0.396 e. The molecule has 3 heteroatoms. The smallest absolute Gasteiger partial charge is 0.0498 e. The first-order chi connectivity index (χ1) is 8.26. The Morgan fingerprint density at radius 1 is 1.35 bits per heavy atom. The molecule has 0 spiro atoms. The third-order valence-corrected chi connectivity index (χ3v) is 3.24. The summed E-state index contributed by atoms with van der Waals surface area (Å²) in [6, 6.07) is 6.05. The summed E-state index contributed by atoms with van der Waals surface area (Å²) in [6.45, 7) is 3.26. The number of aryl methyl sites for hydroxylation is 2. The first-order valence-corrected chi connectivity index (χ1v) is 6.52. The lowest BCUT2D eigenvalue weighted by atomic mass is 10.1. The molecule has 0 bridgehead atoms. The minimum absolute atomic E-state index is 0.226. The van der Waals surface area contributed by atoms with Gasteiger partial charge in [0, 0.05) is 35.3 Å². The Labute approximate surface area is 107 Å². The summed E-state index contributed by atoms with van der Waals surface area (Å²) < 4.78 is 2.20. The molecule has 2 nitrogen and oxygen atoms in total. The van der Waals surface area contributed by atoms with Crippen LogP contribution in [-0.4, -0.2) is 16.3 Å². The normalized spacial score (nSPS) is 11.2. The number of hydrogen-bond donors (Lipinski definition) is 1. The Morgan fingerprint density at radius 2 is 2.18 bits per heavy atom. The zero-order valence-corrected chi connectivity index (χ0v) is 10.9. The second kappa shape index (κ2) is 5.56. The molecule has 92 valence electrons.